The van der Waals surface area contributed by atoms with Crippen molar-refractivity contribution >= 4 is 22.8 Å². The lowest BCUT2D eigenvalue weighted by atomic mass is 10.2. The van der Waals surface area contributed by atoms with Gasteiger partial charge in [0.2, 0.25) is 0 Å². The second kappa shape index (κ2) is 7.09. The summed E-state index contributed by atoms with van der Waals surface area (Å²) in [7, 11) is 0. The number of thioether (sulfide) groups is 1. The number of fused-ring (bicyclic) bond motifs is 1. The molecule has 25 heavy (non-hydrogen) atoms. The average Bonchev–Trinajstić information content (AvgIpc) is 3.22. The summed E-state index contributed by atoms with van der Waals surface area (Å²) >= 11 is 1.65. The summed E-state index contributed by atoms with van der Waals surface area (Å²) in [6.07, 6.45) is 6.00. The Kier molecular flexibility index (Phi) is 4.67. The van der Waals surface area contributed by atoms with E-state index < -0.39 is 0 Å². The van der Waals surface area contributed by atoms with E-state index in [2.05, 4.69) is 31.8 Å². The third kappa shape index (κ3) is 3.52. The number of likely N-dealkylation sites (tertiary alicyclic amines) is 1. The molecule has 0 bridgehead atoms. The Bertz CT molecular complexity index is 864. The Hall–Kier alpha value is -1.99. The van der Waals surface area contributed by atoms with Crippen LogP contribution in [0.2, 0.25) is 0 Å². The topological polar surface area (TPSA) is 57.7 Å². The molecule has 1 N–H and O–H groups in total. The molecular weight excluding hydrogens is 337 g/mol. The highest BCUT2D eigenvalue weighted by Gasteiger charge is 2.28. The van der Waals surface area contributed by atoms with Gasteiger partial charge in [0, 0.05) is 24.5 Å². The molecule has 0 unspecified atom stereocenters. The van der Waals surface area contributed by atoms with Gasteiger partial charge >= 0.3 is 0 Å². The van der Waals surface area contributed by atoms with Crippen LogP contribution in [0.1, 0.15) is 37.2 Å². The fourth-order valence-electron chi connectivity index (χ4n) is 3.35. The van der Waals surface area contributed by atoms with Crippen molar-refractivity contribution in [2.24, 2.45) is 0 Å². The summed E-state index contributed by atoms with van der Waals surface area (Å²) in [6.45, 7) is 3.91. The maximum Gasteiger partial charge on any atom is 0.187 e. The van der Waals surface area contributed by atoms with E-state index in [1.54, 1.807) is 17.8 Å². The molecule has 1 fully saturated rings. The molecule has 5 nitrogen and oxygen atoms in total. The van der Waals surface area contributed by atoms with Gasteiger partial charge in [0.15, 0.2) is 5.16 Å². The molecule has 2 aromatic heterocycles. The molecule has 3 aromatic rings. The fourth-order valence-corrected chi connectivity index (χ4v) is 3.86. The van der Waals surface area contributed by atoms with Gasteiger partial charge in [-0.05, 0) is 43.3 Å². The van der Waals surface area contributed by atoms with Crippen LogP contribution in [0.25, 0.3) is 11.0 Å². The number of benzene rings is 1. The Morgan fingerprint density at radius 1 is 1.32 bits per heavy atom. The molecule has 130 valence electrons. The number of hydrogen-bond donors (Lipinski definition) is 1. The van der Waals surface area contributed by atoms with Gasteiger partial charge < -0.3 is 4.98 Å². The quantitative estimate of drug-likeness (QED) is 0.554. The lowest BCUT2D eigenvalue weighted by Gasteiger charge is -2.22. The van der Waals surface area contributed by atoms with Crippen molar-refractivity contribution in [3.63, 3.8) is 0 Å². The number of aromatic amines is 1. The predicted octanol–water partition coefficient (Wildman–Crippen LogP) is 3.94. The summed E-state index contributed by atoms with van der Waals surface area (Å²) in [6, 6.07) is 4.90. The van der Waals surface area contributed by atoms with Gasteiger partial charge in [-0.1, -0.05) is 18.7 Å². The molecule has 0 saturated carbocycles. The lowest BCUT2D eigenvalue weighted by molar-refractivity contribution is 0.240. The highest BCUT2D eigenvalue weighted by Crippen LogP contribution is 2.32. The van der Waals surface area contributed by atoms with Crippen molar-refractivity contribution in [3.8, 4) is 0 Å². The average molecular weight is 357 g/mol. The van der Waals surface area contributed by atoms with E-state index in [4.69, 9.17) is 0 Å². The number of aromatic nitrogens is 4. The highest BCUT2D eigenvalue weighted by molar-refractivity contribution is 7.99. The van der Waals surface area contributed by atoms with Crippen LogP contribution in [0.4, 0.5) is 4.39 Å². The number of halogens is 1. The minimum Gasteiger partial charge on any atom is -0.341 e. The molecule has 0 radical (unpaired) electrons. The van der Waals surface area contributed by atoms with E-state index in [-0.39, 0.29) is 11.9 Å². The minimum atomic E-state index is -0.242. The second-order valence-electron chi connectivity index (χ2n) is 6.22. The molecule has 1 aliphatic heterocycles. The van der Waals surface area contributed by atoms with Gasteiger partial charge in [-0.2, -0.15) is 0 Å². The fraction of sp³-hybridized carbons (Fsp3) is 0.389. The maximum absolute atomic E-state index is 13.4. The molecule has 3 heterocycles. The summed E-state index contributed by atoms with van der Waals surface area (Å²) < 4.78 is 13.4. The molecule has 1 aliphatic rings. The molecular formula is C18H20FN5S. The smallest absolute Gasteiger partial charge is 0.187 e. The van der Waals surface area contributed by atoms with Gasteiger partial charge in [-0.25, -0.2) is 19.3 Å². The van der Waals surface area contributed by atoms with Crippen LogP contribution in [0, 0.1) is 5.82 Å². The van der Waals surface area contributed by atoms with Crippen LogP contribution in [0.3, 0.4) is 0 Å². The molecule has 1 atom stereocenters. The van der Waals surface area contributed by atoms with Gasteiger partial charge in [0.1, 0.15) is 11.6 Å². The van der Waals surface area contributed by atoms with Gasteiger partial charge in [0.25, 0.3) is 0 Å². The molecule has 1 saturated heterocycles. The number of H-pyrrole nitrogens is 1. The number of nitrogens with zero attached hydrogens (tertiary/aromatic N) is 4. The number of imidazole rings is 1. The van der Waals surface area contributed by atoms with Crippen molar-refractivity contribution in [2.45, 2.75) is 37.5 Å². The summed E-state index contributed by atoms with van der Waals surface area (Å²) in [5.74, 6) is 1.64. The highest BCUT2D eigenvalue weighted by atomic mass is 32.2. The molecule has 4 rings (SSSR count). The van der Waals surface area contributed by atoms with E-state index in [1.807, 2.05) is 12.4 Å². The predicted molar refractivity (Wildman–Crippen MR) is 96.9 cm³/mol. The van der Waals surface area contributed by atoms with Crippen molar-refractivity contribution in [3.05, 3.63) is 47.8 Å². The standard InChI is InChI=1S/C18H20FN5S/c1-2-25-18-20-9-12(10-21-18)11-24-7-3-4-16(24)17-22-14-6-5-13(19)8-15(14)23-17/h5-6,8-10,16H,2-4,7,11H2,1H3,(H,22,23)/t16-/m1/s1. The first-order chi connectivity index (χ1) is 12.2. The van der Waals surface area contributed by atoms with Crippen molar-refractivity contribution in [2.75, 3.05) is 12.3 Å². The van der Waals surface area contributed by atoms with Crippen molar-refractivity contribution in [1.82, 2.24) is 24.8 Å². The monoisotopic (exact) mass is 357 g/mol. The van der Waals surface area contributed by atoms with Crippen LogP contribution in [0.5, 0.6) is 0 Å². The van der Waals surface area contributed by atoms with E-state index in [0.717, 1.165) is 59.3 Å². The molecule has 0 spiro atoms. The summed E-state index contributed by atoms with van der Waals surface area (Å²) in [5.41, 5.74) is 2.67. The molecule has 0 aliphatic carbocycles. The van der Waals surface area contributed by atoms with E-state index in [1.165, 1.54) is 12.1 Å². The Morgan fingerprint density at radius 2 is 2.16 bits per heavy atom. The normalized spacial score (nSPS) is 18.2. The first-order valence-corrected chi connectivity index (χ1v) is 9.54. The largest absolute Gasteiger partial charge is 0.341 e. The summed E-state index contributed by atoms with van der Waals surface area (Å²) in [5, 5.41) is 0.823. The number of rotatable bonds is 5. The van der Waals surface area contributed by atoms with Crippen LogP contribution in [0.15, 0.2) is 35.7 Å². The Morgan fingerprint density at radius 3 is 2.96 bits per heavy atom. The van der Waals surface area contributed by atoms with Crippen molar-refractivity contribution in [1.29, 1.82) is 0 Å². The minimum absolute atomic E-state index is 0.222. The van der Waals surface area contributed by atoms with Gasteiger partial charge in [0.05, 0.1) is 17.1 Å². The van der Waals surface area contributed by atoms with Crippen LogP contribution >= 0.6 is 11.8 Å². The van der Waals surface area contributed by atoms with Crippen LogP contribution < -0.4 is 0 Å². The molecule has 7 heteroatoms. The number of hydrogen-bond acceptors (Lipinski definition) is 5. The SMILES string of the molecule is CCSc1ncc(CN2CCC[C@@H]2c2nc3ccc(F)cc3[nH]2)cn1. The third-order valence-electron chi connectivity index (χ3n) is 4.48. The van der Waals surface area contributed by atoms with Crippen molar-refractivity contribution < 1.29 is 4.39 Å². The van der Waals surface area contributed by atoms with E-state index in [9.17, 15) is 4.39 Å². The lowest BCUT2D eigenvalue weighted by Crippen LogP contribution is -2.23. The van der Waals surface area contributed by atoms with Gasteiger partial charge in [-0.3, -0.25) is 4.90 Å². The Balaban J connectivity index is 1.53. The van der Waals surface area contributed by atoms with E-state index >= 15 is 0 Å². The first-order valence-electron chi connectivity index (χ1n) is 8.56. The third-order valence-corrected chi connectivity index (χ3v) is 5.24. The maximum atomic E-state index is 13.4. The zero-order chi connectivity index (χ0) is 17.2. The molecule has 0 amide bonds. The zero-order valence-corrected chi connectivity index (χ0v) is 14.9. The van der Waals surface area contributed by atoms with Crippen LogP contribution in [-0.2, 0) is 6.54 Å². The zero-order valence-electron chi connectivity index (χ0n) is 14.1. The summed E-state index contributed by atoms with van der Waals surface area (Å²) in [4.78, 5) is 19.2. The second-order valence-corrected chi connectivity index (χ2v) is 7.45. The van der Waals surface area contributed by atoms with Gasteiger partial charge in [-0.15, -0.1) is 0 Å². The first kappa shape index (κ1) is 16.5. The van der Waals surface area contributed by atoms with Crippen LogP contribution in [-0.4, -0.2) is 37.1 Å². The molecule has 1 aromatic carbocycles. The Labute approximate surface area is 150 Å². The number of nitrogens with one attached hydrogen (secondary N) is 1. The van der Waals surface area contributed by atoms with E-state index in [0.29, 0.717) is 0 Å².